The van der Waals surface area contributed by atoms with Gasteiger partial charge in [-0.05, 0) is 6.42 Å². The maximum absolute atomic E-state index is 12.7. The van der Waals surface area contributed by atoms with Crippen LogP contribution < -0.4 is 0 Å². The number of carbonyl (C=O) groups is 1. The van der Waals surface area contributed by atoms with Crippen molar-refractivity contribution in [1.29, 1.82) is 0 Å². The molecule has 0 saturated heterocycles. The lowest BCUT2D eigenvalue weighted by Crippen LogP contribution is -2.30. The minimum atomic E-state index is -4.88. The van der Waals surface area contributed by atoms with Gasteiger partial charge in [-0.15, -0.1) is 0 Å². The van der Waals surface area contributed by atoms with E-state index in [1.807, 2.05) is 0 Å². The zero-order chi connectivity index (χ0) is 21.3. The Morgan fingerprint density at radius 3 is 1.68 bits per heavy atom. The Kier molecular flexibility index (Phi) is 17.0. The van der Waals surface area contributed by atoms with Gasteiger partial charge in [0.25, 0.3) is 6.43 Å². The van der Waals surface area contributed by atoms with E-state index >= 15 is 0 Å². The molecule has 0 aromatic carbocycles. The zero-order valence-electron chi connectivity index (χ0n) is 17.0. The van der Waals surface area contributed by atoms with Crippen LogP contribution in [-0.4, -0.2) is 34.9 Å². The Morgan fingerprint density at radius 2 is 1.29 bits per heavy atom. The monoisotopic (exact) mass is 430 g/mol. The van der Waals surface area contributed by atoms with Crippen molar-refractivity contribution >= 4 is 13.8 Å². The number of carbonyl (C=O) groups excluding carboxylic acids is 1. The first-order valence-corrected chi connectivity index (χ1v) is 12.0. The number of ether oxygens (including phenoxy) is 1. The highest BCUT2D eigenvalue weighted by Crippen LogP contribution is 2.36. The number of hydrogen-bond donors (Lipinski definition) is 2. The average molecular weight is 430 g/mol. The molecule has 0 aromatic heterocycles. The zero-order valence-corrected chi connectivity index (χ0v) is 17.9. The molecule has 0 rings (SSSR count). The van der Waals surface area contributed by atoms with Crippen molar-refractivity contribution in [3.63, 3.8) is 0 Å². The van der Waals surface area contributed by atoms with E-state index < -0.39 is 32.9 Å². The molecule has 0 bridgehead atoms. The number of halogens is 2. The molecule has 0 aliphatic carbocycles. The maximum atomic E-state index is 12.7. The fraction of sp³-hybridized carbons (Fsp3) is 0.947. The Labute approximate surface area is 167 Å². The maximum Gasteiger partial charge on any atom is 0.469 e. The molecule has 0 spiro atoms. The van der Waals surface area contributed by atoms with Crippen LogP contribution >= 0.6 is 7.82 Å². The molecule has 168 valence electrons. The molecule has 1 atom stereocenters. The molecular weight excluding hydrogens is 393 g/mol. The van der Waals surface area contributed by atoms with Gasteiger partial charge in [0, 0.05) is 6.42 Å². The Hall–Kier alpha value is -0.560. The number of unbranched alkanes of at least 4 members (excludes halogenated alkanes) is 12. The van der Waals surface area contributed by atoms with Crippen LogP contribution in [0.4, 0.5) is 8.78 Å². The fourth-order valence-corrected chi connectivity index (χ4v) is 3.18. The van der Waals surface area contributed by atoms with Crippen molar-refractivity contribution in [2.75, 3.05) is 6.61 Å². The molecule has 0 amide bonds. The topological polar surface area (TPSA) is 93.1 Å². The van der Waals surface area contributed by atoms with Crippen LogP contribution in [0.25, 0.3) is 0 Å². The lowest BCUT2D eigenvalue weighted by atomic mass is 10.0. The van der Waals surface area contributed by atoms with Crippen LogP contribution in [0.5, 0.6) is 0 Å². The first-order valence-electron chi connectivity index (χ1n) is 10.4. The SMILES string of the molecule is CCCCCCCCCCCCCCCC(=O)O[C@H](COP(=O)(O)O)C(F)F. The van der Waals surface area contributed by atoms with Crippen LogP contribution in [0.3, 0.4) is 0 Å². The Morgan fingerprint density at radius 1 is 0.857 bits per heavy atom. The summed E-state index contributed by atoms with van der Waals surface area (Å²) in [7, 11) is -4.88. The highest BCUT2D eigenvalue weighted by Gasteiger charge is 2.28. The third-order valence-corrected chi connectivity index (χ3v) is 4.94. The van der Waals surface area contributed by atoms with E-state index in [2.05, 4.69) is 16.2 Å². The molecule has 6 nitrogen and oxygen atoms in total. The molecule has 2 N–H and O–H groups in total. The quantitative estimate of drug-likeness (QED) is 0.154. The third kappa shape index (κ3) is 18.8. The second-order valence-corrected chi connectivity index (χ2v) is 8.38. The molecule has 0 aliphatic heterocycles. The average Bonchev–Trinajstić information content (AvgIpc) is 2.61. The molecule has 9 heteroatoms. The number of rotatable bonds is 19. The van der Waals surface area contributed by atoms with Crippen LogP contribution in [-0.2, 0) is 18.6 Å². The lowest BCUT2D eigenvalue weighted by molar-refractivity contribution is -0.160. The van der Waals surface area contributed by atoms with Crippen LogP contribution in [0.1, 0.15) is 96.8 Å². The van der Waals surface area contributed by atoms with Crippen molar-refractivity contribution in [2.24, 2.45) is 0 Å². The van der Waals surface area contributed by atoms with E-state index in [9.17, 15) is 18.1 Å². The number of esters is 1. The second-order valence-electron chi connectivity index (χ2n) is 7.14. The van der Waals surface area contributed by atoms with E-state index in [4.69, 9.17) is 9.79 Å². The normalized spacial score (nSPS) is 13.1. The smallest absolute Gasteiger partial charge is 0.454 e. The highest BCUT2D eigenvalue weighted by atomic mass is 31.2. The van der Waals surface area contributed by atoms with Crippen molar-refractivity contribution in [3.05, 3.63) is 0 Å². The minimum Gasteiger partial charge on any atom is -0.454 e. The van der Waals surface area contributed by atoms with E-state index in [0.717, 1.165) is 19.3 Å². The van der Waals surface area contributed by atoms with Gasteiger partial charge in [-0.2, -0.15) is 0 Å². The summed E-state index contributed by atoms with van der Waals surface area (Å²) < 4.78 is 44.5. The number of hydrogen-bond acceptors (Lipinski definition) is 4. The number of alkyl halides is 2. The Balaban J connectivity index is 3.59. The molecule has 0 unspecified atom stereocenters. The summed E-state index contributed by atoms with van der Waals surface area (Å²) in [5.41, 5.74) is 0. The van der Waals surface area contributed by atoms with Crippen molar-refractivity contribution < 1.29 is 37.2 Å². The van der Waals surface area contributed by atoms with Crippen LogP contribution in [0, 0.1) is 0 Å². The van der Waals surface area contributed by atoms with Crippen LogP contribution in [0.15, 0.2) is 0 Å². The summed E-state index contributed by atoms with van der Waals surface area (Å²) in [6.45, 7) is 1.18. The van der Waals surface area contributed by atoms with E-state index in [1.54, 1.807) is 0 Å². The largest absolute Gasteiger partial charge is 0.469 e. The predicted octanol–water partition coefficient (Wildman–Crippen LogP) is 5.75. The van der Waals surface area contributed by atoms with Gasteiger partial charge in [0.15, 0.2) is 6.10 Å². The van der Waals surface area contributed by atoms with Crippen molar-refractivity contribution in [1.82, 2.24) is 0 Å². The summed E-state index contributed by atoms with van der Waals surface area (Å²) in [5.74, 6) is -0.803. The van der Waals surface area contributed by atoms with Crippen molar-refractivity contribution in [3.8, 4) is 0 Å². The first kappa shape index (κ1) is 27.4. The molecule has 0 aliphatic rings. The van der Waals surface area contributed by atoms with Gasteiger partial charge >= 0.3 is 13.8 Å². The summed E-state index contributed by atoms with van der Waals surface area (Å²) >= 11 is 0. The van der Waals surface area contributed by atoms with Gasteiger partial charge in [-0.25, -0.2) is 13.3 Å². The molecule has 0 heterocycles. The van der Waals surface area contributed by atoms with E-state index in [-0.39, 0.29) is 6.42 Å². The third-order valence-electron chi connectivity index (χ3n) is 4.46. The van der Waals surface area contributed by atoms with Crippen LogP contribution in [0.2, 0.25) is 0 Å². The van der Waals surface area contributed by atoms with Gasteiger partial charge in [-0.1, -0.05) is 84.0 Å². The second kappa shape index (κ2) is 17.3. The van der Waals surface area contributed by atoms with Gasteiger partial charge in [0.2, 0.25) is 0 Å². The Bertz CT molecular complexity index is 431. The van der Waals surface area contributed by atoms with Gasteiger partial charge in [0.05, 0.1) is 0 Å². The fourth-order valence-electron chi connectivity index (χ4n) is 2.84. The molecular formula is C19H37F2O6P. The van der Waals surface area contributed by atoms with Gasteiger partial charge in [-0.3, -0.25) is 9.32 Å². The van der Waals surface area contributed by atoms with E-state index in [1.165, 1.54) is 57.8 Å². The summed E-state index contributed by atoms with van der Waals surface area (Å²) in [4.78, 5) is 28.6. The minimum absolute atomic E-state index is 0.0108. The highest BCUT2D eigenvalue weighted by molar-refractivity contribution is 7.46. The standard InChI is InChI=1S/C19H37F2O6P/c1-2-3-4-5-6-7-8-9-10-11-12-13-14-15-18(22)27-17(19(20)21)16-26-28(23,24)25/h17,19H,2-16H2,1H3,(H2,23,24,25)/t17-/m1/s1. The molecule has 0 fully saturated rings. The first-order chi connectivity index (χ1) is 13.3. The molecule has 0 radical (unpaired) electrons. The molecule has 28 heavy (non-hydrogen) atoms. The number of phosphoric ester groups is 1. The summed E-state index contributed by atoms with van der Waals surface area (Å²) in [5, 5.41) is 0. The van der Waals surface area contributed by atoms with E-state index in [0.29, 0.717) is 6.42 Å². The summed E-state index contributed by atoms with van der Waals surface area (Å²) in [6.07, 6.45) is 10.00. The molecule has 0 saturated carbocycles. The summed E-state index contributed by atoms with van der Waals surface area (Å²) in [6, 6.07) is 0. The van der Waals surface area contributed by atoms with Gasteiger partial charge in [0.1, 0.15) is 6.61 Å². The lowest BCUT2D eigenvalue weighted by Gasteiger charge is -2.17. The van der Waals surface area contributed by atoms with Gasteiger partial charge < -0.3 is 14.5 Å². The van der Waals surface area contributed by atoms with Crippen molar-refractivity contribution in [2.45, 2.75) is 109 Å². The number of phosphoric acid groups is 1. The predicted molar refractivity (Wildman–Crippen MR) is 104 cm³/mol. The molecule has 0 aromatic rings.